The summed E-state index contributed by atoms with van der Waals surface area (Å²) in [5.41, 5.74) is 0.0197. The van der Waals surface area contributed by atoms with E-state index in [4.69, 9.17) is 9.26 Å². The van der Waals surface area contributed by atoms with Crippen molar-refractivity contribution in [3.63, 3.8) is 0 Å². The first-order valence-corrected chi connectivity index (χ1v) is 9.76. The van der Waals surface area contributed by atoms with Crippen LogP contribution in [-0.4, -0.2) is 38.1 Å². The van der Waals surface area contributed by atoms with Crippen LogP contribution in [-0.2, 0) is 19.6 Å². The van der Waals surface area contributed by atoms with Crippen molar-refractivity contribution in [2.45, 2.75) is 38.2 Å². The average molecular weight is 395 g/mol. The van der Waals surface area contributed by atoms with Gasteiger partial charge in [-0.3, -0.25) is 4.79 Å². The Kier molecular flexibility index (Phi) is 6.70. The van der Waals surface area contributed by atoms with Crippen molar-refractivity contribution in [2.24, 2.45) is 0 Å². The highest BCUT2D eigenvalue weighted by Crippen LogP contribution is 2.14. The van der Waals surface area contributed by atoms with Crippen LogP contribution in [0.4, 0.5) is 5.82 Å². The standard InChI is InChI=1S/C17H21N3O6S/c1-4-8-18-27(23,24)14-7-5-6-13(10-14)17(22)25-12(3)16(21)19-15-9-11(2)26-20-15/h5-7,9-10,12,18H,4,8H2,1-3H3,(H,19,20,21). The van der Waals surface area contributed by atoms with Gasteiger partial charge in [0, 0.05) is 12.6 Å². The number of hydrogen-bond acceptors (Lipinski definition) is 7. The molecule has 2 aromatic rings. The zero-order valence-electron chi connectivity index (χ0n) is 15.2. The molecule has 1 atom stereocenters. The van der Waals surface area contributed by atoms with Gasteiger partial charge < -0.3 is 14.6 Å². The van der Waals surface area contributed by atoms with Gasteiger partial charge in [-0.05, 0) is 38.5 Å². The highest BCUT2D eigenvalue weighted by atomic mass is 32.2. The van der Waals surface area contributed by atoms with E-state index in [0.717, 1.165) is 0 Å². The molecule has 9 nitrogen and oxygen atoms in total. The number of nitrogens with one attached hydrogen (secondary N) is 2. The van der Waals surface area contributed by atoms with Crippen LogP contribution in [0.2, 0.25) is 0 Å². The van der Waals surface area contributed by atoms with Crippen LogP contribution >= 0.6 is 0 Å². The number of carbonyl (C=O) groups excluding carboxylic acids is 2. The number of nitrogens with zero attached hydrogens (tertiary/aromatic N) is 1. The van der Waals surface area contributed by atoms with Crippen molar-refractivity contribution in [3.05, 3.63) is 41.7 Å². The third-order valence-corrected chi connectivity index (χ3v) is 4.91. The Bertz CT molecular complexity index is 922. The van der Waals surface area contributed by atoms with Gasteiger partial charge in [-0.15, -0.1) is 0 Å². The smallest absolute Gasteiger partial charge is 0.338 e. The van der Waals surface area contributed by atoms with E-state index in [0.29, 0.717) is 12.2 Å². The second-order valence-corrected chi connectivity index (χ2v) is 7.55. The first-order chi connectivity index (χ1) is 12.7. The number of sulfonamides is 1. The molecule has 0 bridgehead atoms. The van der Waals surface area contributed by atoms with E-state index in [9.17, 15) is 18.0 Å². The van der Waals surface area contributed by atoms with Gasteiger partial charge in [0.1, 0.15) is 5.76 Å². The lowest BCUT2D eigenvalue weighted by Gasteiger charge is -2.13. The van der Waals surface area contributed by atoms with Crippen molar-refractivity contribution >= 4 is 27.7 Å². The third kappa shape index (κ3) is 5.63. The van der Waals surface area contributed by atoms with Crippen LogP contribution in [0, 0.1) is 6.92 Å². The highest BCUT2D eigenvalue weighted by Gasteiger charge is 2.21. The van der Waals surface area contributed by atoms with E-state index in [2.05, 4.69) is 15.2 Å². The van der Waals surface area contributed by atoms with Crippen LogP contribution in [0.1, 0.15) is 36.4 Å². The fourth-order valence-electron chi connectivity index (χ4n) is 2.05. The third-order valence-electron chi connectivity index (χ3n) is 3.45. The van der Waals surface area contributed by atoms with Gasteiger partial charge in [0.05, 0.1) is 10.5 Å². The summed E-state index contributed by atoms with van der Waals surface area (Å²) in [6.45, 7) is 5.19. The lowest BCUT2D eigenvalue weighted by atomic mass is 10.2. The van der Waals surface area contributed by atoms with Gasteiger partial charge in [-0.2, -0.15) is 0 Å². The predicted molar refractivity (Wildman–Crippen MR) is 96.7 cm³/mol. The summed E-state index contributed by atoms with van der Waals surface area (Å²) in [5, 5.41) is 6.07. The molecule has 1 aromatic heterocycles. The maximum Gasteiger partial charge on any atom is 0.338 e. The second kappa shape index (κ2) is 8.78. The number of aromatic nitrogens is 1. The zero-order valence-corrected chi connectivity index (χ0v) is 16.0. The van der Waals surface area contributed by atoms with Crippen LogP contribution in [0.5, 0.6) is 0 Å². The van der Waals surface area contributed by atoms with Crippen molar-refractivity contribution in [1.82, 2.24) is 9.88 Å². The molecule has 0 saturated heterocycles. The first kappa shape index (κ1) is 20.6. The molecule has 27 heavy (non-hydrogen) atoms. The molecule has 1 heterocycles. The average Bonchev–Trinajstić information content (AvgIpc) is 3.04. The molecule has 1 aromatic carbocycles. The molecule has 1 amide bonds. The zero-order chi connectivity index (χ0) is 20.0. The molecular weight excluding hydrogens is 374 g/mol. The Morgan fingerprint density at radius 1 is 1.30 bits per heavy atom. The minimum Gasteiger partial charge on any atom is -0.449 e. The number of ether oxygens (including phenoxy) is 1. The monoisotopic (exact) mass is 395 g/mol. The van der Waals surface area contributed by atoms with Crippen molar-refractivity contribution < 1.29 is 27.3 Å². The minimum atomic E-state index is -3.72. The molecule has 0 radical (unpaired) electrons. The molecule has 0 spiro atoms. The first-order valence-electron chi connectivity index (χ1n) is 8.28. The number of esters is 1. The molecule has 1 unspecified atom stereocenters. The Balaban J connectivity index is 2.04. The fraction of sp³-hybridized carbons (Fsp3) is 0.353. The van der Waals surface area contributed by atoms with Gasteiger partial charge in [0.2, 0.25) is 10.0 Å². The molecule has 0 aliphatic carbocycles. The van der Waals surface area contributed by atoms with Crippen molar-refractivity contribution in [1.29, 1.82) is 0 Å². The number of amides is 1. The van der Waals surface area contributed by atoms with E-state index in [1.54, 1.807) is 6.92 Å². The Labute approximate surface area is 157 Å². The van der Waals surface area contributed by atoms with E-state index in [-0.39, 0.29) is 22.8 Å². The molecular formula is C17H21N3O6S. The SMILES string of the molecule is CCCNS(=O)(=O)c1cccc(C(=O)OC(C)C(=O)Nc2cc(C)on2)c1. The summed E-state index contributed by atoms with van der Waals surface area (Å²) in [6.07, 6.45) is -0.480. The van der Waals surface area contributed by atoms with Crippen LogP contribution in [0.15, 0.2) is 39.8 Å². The van der Waals surface area contributed by atoms with Gasteiger partial charge in [-0.25, -0.2) is 17.9 Å². The summed E-state index contributed by atoms with van der Waals surface area (Å²) >= 11 is 0. The summed E-state index contributed by atoms with van der Waals surface area (Å²) < 4.78 is 36.7. The Hall–Kier alpha value is -2.72. The number of benzene rings is 1. The lowest BCUT2D eigenvalue weighted by molar-refractivity contribution is -0.123. The molecule has 2 N–H and O–H groups in total. The Morgan fingerprint density at radius 2 is 2.04 bits per heavy atom. The Morgan fingerprint density at radius 3 is 2.67 bits per heavy atom. The van der Waals surface area contributed by atoms with Gasteiger partial charge in [-0.1, -0.05) is 18.1 Å². The molecule has 10 heteroatoms. The van der Waals surface area contributed by atoms with Gasteiger partial charge >= 0.3 is 5.97 Å². The maximum absolute atomic E-state index is 12.3. The summed E-state index contributed by atoms with van der Waals surface area (Å²) in [7, 11) is -3.72. The van der Waals surface area contributed by atoms with E-state index < -0.39 is 28.0 Å². The van der Waals surface area contributed by atoms with Gasteiger partial charge in [0.15, 0.2) is 11.9 Å². The van der Waals surface area contributed by atoms with Crippen molar-refractivity contribution in [3.8, 4) is 0 Å². The van der Waals surface area contributed by atoms with E-state index in [1.807, 2.05) is 6.92 Å². The van der Waals surface area contributed by atoms with Gasteiger partial charge in [0.25, 0.3) is 5.91 Å². The normalized spacial score (nSPS) is 12.4. The lowest BCUT2D eigenvalue weighted by Crippen LogP contribution is -2.30. The molecule has 146 valence electrons. The maximum atomic E-state index is 12.3. The minimum absolute atomic E-state index is 0.0197. The fourth-order valence-corrected chi connectivity index (χ4v) is 3.22. The summed E-state index contributed by atoms with van der Waals surface area (Å²) in [5.74, 6) is -0.688. The predicted octanol–water partition coefficient (Wildman–Crippen LogP) is 1.86. The van der Waals surface area contributed by atoms with E-state index in [1.165, 1.54) is 37.3 Å². The summed E-state index contributed by atoms with van der Waals surface area (Å²) in [4.78, 5) is 24.3. The quantitative estimate of drug-likeness (QED) is 0.653. The van der Waals surface area contributed by atoms with Crippen LogP contribution < -0.4 is 10.0 Å². The highest BCUT2D eigenvalue weighted by molar-refractivity contribution is 7.89. The molecule has 0 aliphatic rings. The largest absolute Gasteiger partial charge is 0.449 e. The van der Waals surface area contributed by atoms with Crippen molar-refractivity contribution in [2.75, 3.05) is 11.9 Å². The van der Waals surface area contributed by atoms with Crippen LogP contribution in [0.3, 0.4) is 0 Å². The van der Waals surface area contributed by atoms with E-state index >= 15 is 0 Å². The number of rotatable bonds is 8. The number of hydrogen-bond donors (Lipinski definition) is 2. The number of anilines is 1. The molecule has 2 rings (SSSR count). The topological polar surface area (TPSA) is 128 Å². The molecule has 0 aliphatic heterocycles. The van der Waals surface area contributed by atoms with Crippen LogP contribution in [0.25, 0.3) is 0 Å². The second-order valence-electron chi connectivity index (χ2n) is 5.79. The molecule has 0 fully saturated rings. The summed E-state index contributed by atoms with van der Waals surface area (Å²) in [6, 6.07) is 6.93. The molecule has 0 saturated carbocycles. The number of aryl methyl sites for hydroxylation is 1. The number of carbonyl (C=O) groups is 2.